The lowest BCUT2D eigenvalue weighted by Gasteiger charge is -2.17. The molecule has 1 aromatic heterocycles. The van der Waals surface area contributed by atoms with Gasteiger partial charge in [0.15, 0.2) is 0 Å². The summed E-state index contributed by atoms with van der Waals surface area (Å²) in [5, 5.41) is 2.94. The van der Waals surface area contributed by atoms with Gasteiger partial charge in [-0.3, -0.25) is 9.69 Å². The summed E-state index contributed by atoms with van der Waals surface area (Å²) in [6, 6.07) is 5.82. The van der Waals surface area contributed by atoms with Crippen LogP contribution in [0.25, 0.3) is 11.5 Å². The van der Waals surface area contributed by atoms with Gasteiger partial charge in [-0.2, -0.15) is 0 Å². The van der Waals surface area contributed by atoms with Crippen LogP contribution in [0.4, 0.5) is 4.39 Å². The zero-order valence-corrected chi connectivity index (χ0v) is 14.4. The fourth-order valence-corrected chi connectivity index (χ4v) is 3.01. The van der Waals surface area contributed by atoms with Crippen molar-refractivity contribution < 1.29 is 18.3 Å². The van der Waals surface area contributed by atoms with Crippen LogP contribution in [-0.2, 0) is 16.0 Å². The lowest BCUT2D eigenvalue weighted by atomic mass is 10.2. The van der Waals surface area contributed by atoms with Crippen molar-refractivity contribution in [1.82, 2.24) is 15.2 Å². The van der Waals surface area contributed by atoms with Crippen molar-refractivity contribution >= 4 is 5.91 Å². The maximum absolute atomic E-state index is 12.9. The fourth-order valence-electron chi connectivity index (χ4n) is 3.01. The number of likely N-dealkylation sites (tertiary alicyclic amines) is 1. The lowest BCUT2D eigenvalue weighted by molar-refractivity contribution is -0.125. The second kappa shape index (κ2) is 7.76. The Morgan fingerprint density at radius 1 is 1.44 bits per heavy atom. The Balaban J connectivity index is 1.49. The Hall–Kier alpha value is -2.25. The molecule has 2 aromatic rings. The van der Waals surface area contributed by atoms with E-state index in [0.29, 0.717) is 25.3 Å². The number of methoxy groups -OCH3 is 1. The van der Waals surface area contributed by atoms with E-state index in [-0.39, 0.29) is 23.9 Å². The first-order valence-corrected chi connectivity index (χ1v) is 8.28. The molecule has 6 nitrogen and oxygen atoms in total. The van der Waals surface area contributed by atoms with E-state index in [9.17, 15) is 9.18 Å². The monoisotopic (exact) mass is 347 g/mol. The first-order chi connectivity index (χ1) is 12.1. The van der Waals surface area contributed by atoms with Crippen molar-refractivity contribution in [3.63, 3.8) is 0 Å². The van der Waals surface area contributed by atoms with Crippen molar-refractivity contribution in [2.24, 2.45) is 0 Å². The number of nitrogens with zero attached hydrogens (tertiary/aromatic N) is 2. The van der Waals surface area contributed by atoms with Crippen molar-refractivity contribution in [2.75, 3.05) is 27.2 Å². The Bertz CT molecular complexity index is 717. The van der Waals surface area contributed by atoms with Crippen molar-refractivity contribution in [3.05, 3.63) is 42.0 Å². The number of likely N-dealkylation sites (N-methyl/N-ethyl adjacent to an activating group) is 1. The first-order valence-electron chi connectivity index (χ1n) is 8.28. The SMILES string of the molecule is CO[C@H]1C[C@@H](C(=O)NCCc2coc(-c3ccc(F)cc3)n2)N(C)C1. The van der Waals surface area contributed by atoms with Crippen LogP contribution in [0.1, 0.15) is 12.1 Å². The van der Waals surface area contributed by atoms with Crippen LogP contribution >= 0.6 is 0 Å². The molecule has 1 N–H and O–H groups in total. The molecule has 0 spiro atoms. The highest BCUT2D eigenvalue weighted by Gasteiger charge is 2.34. The Morgan fingerprint density at radius 2 is 2.20 bits per heavy atom. The molecule has 2 heterocycles. The van der Waals surface area contributed by atoms with E-state index in [1.54, 1.807) is 25.5 Å². The van der Waals surface area contributed by atoms with Gasteiger partial charge >= 0.3 is 0 Å². The number of rotatable bonds is 6. The largest absolute Gasteiger partial charge is 0.444 e. The molecular weight excluding hydrogens is 325 g/mol. The highest BCUT2D eigenvalue weighted by Crippen LogP contribution is 2.20. The summed E-state index contributed by atoms with van der Waals surface area (Å²) in [7, 11) is 3.60. The molecule has 1 aliphatic heterocycles. The zero-order valence-electron chi connectivity index (χ0n) is 14.4. The number of ether oxygens (including phenoxy) is 1. The fraction of sp³-hybridized carbons (Fsp3) is 0.444. The van der Waals surface area contributed by atoms with Gasteiger partial charge in [0.25, 0.3) is 0 Å². The zero-order chi connectivity index (χ0) is 17.8. The maximum atomic E-state index is 12.9. The third-order valence-electron chi connectivity index (χ3n) is 4.47. The number of aromatic nitrogens is 1. The summed E-state index contributed by atoms with van der Waals surface area (Å²) in [5.41, 5.74) is 1.46. The van der Waals surface area contributed by atoms with Gasteiger partial charge in [-0.25, -0.2) is 9.37 Å². The second-order valence-electron chi connectivity index (χ2n) is 6.24. The minimum atomic E-state index is -0.300. The predicted octanol–water partition coefficient (Wildman–Crippen LogP) is 1.86. The van der Waals surface area contributed by atoms with E-state index in [1.165, 1.54) is 12.1 Å². The number of benzene rings is 1. The molecule has 1 amide bonds. The van der Waals surface area contributed by atoms with Gasteiger partial charge in [-0.15, -0.1) is 0 Å². The van der Waals surface area contributed by atoms with Gasteiger partial charge in [0.05, 0.1) is 17.8 Å². The summed E-state index contributed by atoms with van der Waals surface area (Å²) in [6.07, 6.45) is 2.94. The second-order valence-corrected chi connectivity index (χ2v) is 6.24. The Labute approximate surface area is 146 Å². The average molecular weight is 347 g/mol. The molecule has 0 saturated carbocycles. The number of hydrogen-bond acceptors (Lipinski definition) is 5. The molecule has 0 aliphatic carbocycles. The van der Waals surface area contributed by atoms with Gasteiger partial charge < -0.3 is 14.5 Å². The van der Waals surface area contributed by atoms with Crippen molar-refractivity contribution in [1.29, 1.82) is 0 Å². The number of nitrogens with one attached hydrogen (secondary N) is 1. The molecule has 1 aromatic carbocycles. The van der Waals surface area contributed by atoms with Crippen LogP contribution in [0.2, 0.25) is 0 Å². The van der Waals surface area contributed by atoms with Crippen molar-refractivity contribution in [2.45, 2.75) is 25.0 Å². The molecule has 1 saturated heterocycles. The summed E-state index contributed by atoms with van der Waals surface area (Å²) in [6.45, 7) is 1.25. The number of amides is 1. The van der Waals surface area contributed by atoms with Gasteiger partial charge in [0, 0.05) is 32.2 Å². The van der Waals surface area contributed by atoms with Crippen LogP contribution in [-0.4, -0.2) is 55.2 Å². The van der Waals surface area contributed by atoms with Crippen LogP contribution < -0.4 is 5.32 Å². The maximum Gasteiger partial charge on any atom is 0.237 e. The third-order valence-corrected chi connectivity index (χ3v) is 4.47. The van der Waals surface area contributed by atoms with E-state index >= 15 is 0 Å². The smallest absolute Gasteiger partial charge is 0.237 e. The molecular formula is C18H22FN3O3. The highest BCUT2D eigenvalue weighted by molar-refractivity contribution is 5.82. The molecule has 0 radical (unpaired) electrons. The lowest BCUT2D eigenvalue weighted by Crippen LogP contribution is -2.42. The Morgan fingerprint density at radius 3 is 2.88 bits per heavy atom. The van der Waals surface area contributed by atoms with Gasteiger partial charge in [0.2, 0.25) is 11.8 Å². The van der Waals surface area contributed by atoms with E-state index in [2.05, 4.69) is 10.3 Å². The number of halogens is 1. The molecule has 0 unspecified atom stereocenters. The van der Waals surface area contributed by atoms with E-state index in [4.69, 9.17) is 9.15 Å². The number of carbonyl (C=O) groups excluding carboxylic acids is 1. The molecule has 2 atom stereocenters. The van der Waals surface area contributed by atoms with Crippen molar-refractivity contribution in [3.8, 4) is 11.5 Å². The summed E-state index contributed by atoms with van der Waals surface area (Å²) >= 11 is 0. The molecule has 1 fully saturated rings. The highest BCUT2D eigenvalue weighted by atomic mass is 19.1. The third kappa shape index (κ3) is 4.24. The van der Waals surface area contributed by atoms with E-state index in [0.717, 1.165) is 17.8 Å². The molecule has 1 aliphatic rings. The molecule has 134 valence electrons. The van der Waals surface area contributed by atoms with Crippen LogP contribution in [0.15, 0.2) is 34.9 Å². The first kappa shape index (κ1) is 17.6. The molecule has 3 rings (SSSR count). The standard InChI is InChI=1S/C18H22FN3O3/c1-22-10-15(24-2)9-16(22)17(23)20-8-7-14-11-25-18(21-14)12-3-5-13(19)6-4-12/h3-6,11,15-16H,7-10H2,1-2H3,(H,20,23)/t15-,16-/m0/s1. The summed E-state index contributed by atoms with van der Waals surface area (Å²) in [4.78, 5) is 18.7. The summed E-state index contributed by atoms with van der Waals surface area (Å²) < 4.78 is 23.7. The normalized spacial score (nSPS) is 20.8. The Kier molecular flexibility index (Phi) is 5.45. The van der Waals surface area contributed by atoms with Crippen LogP contribution in [0.5, 0.6) is 0 Å². The number of carbonyl (C=O) groups is 1. The average Bonchev–Trinajstić information content (AvgIpc) is 3.22. The van der Waals surface area contributed by atoms with Crippen LogP contribution in [0.3, 0.4) is 0 Å². The molecule has 7 heteroatoms. The predicted molar refractivity (Wildman–Crippen MR) is 90.4 cm³/mol. The van der Waals surface area contributed by atoms with Gasteiger partial charge in [0.1, 0.15) is 12.1 Å². The van der Waals surface area contributed by atoms with Gasteiger partial charge in [-0.05, 0) is 37.7 Å². The van der Waals surface area contributed by atoms with E-state index < -0.39 is 0 Å². The quantitative estimate of drug-likeness (QED) is 0.864. The number of hydrogen-bond donors (Lipinski definition) is 1. The summed E-state index contributed by atoms with van der Waals surface area (Å²) in [5.74, 6) is 0.148. The molecule has 25 heavy (non-hydrogen) atoms. The van der Waals surface area contributed by atoms with Crippen LogP contribution in [0, 0.1) is 5.82 Å². The minimum absolute atomic E-state index is 0.00398. The topological polar surface area (TPSA) is 67.6 Å². The number of oxazole rings is 1. The molecule has 0 bridgehead atoms. The van der Waals surface area contributed by atoms with Gasteiger partial charge in [-0.1, -0.05) is 0 Å². The minimum Gasteiger partial charge on any atom is -0.444 e. The van der Waals surface area contributed by atoms with E-state index in [1.807, 2.05) is 11.9 Å².